The van der Waals surface area contributed by atoms with Gasteiger partial charge in [0, 0.05) is 10.7 Å². The number of thioether (sulfide) groups is 1. The lowest BCUT2D eigenvalue weighted by atomic mass is 10.3. The van der Waals surface area contributed by atoms with Crippen molar-refractivity contribution in [2.24, 2.45) is 0 Å². The second-order valence-electron chi connectivity index (χ2n) is 3.09. The summed E-state index contributed by atoms with van der Waals surface area (Å²) in [6, 6.07) is 0. The first kappa shape index (κ1) is 9.72. The van der Waals surface area contributed by atoms with Crippen LogP contribution in [-0.4, -0.2) is 34.6 Å². The van der Waals surface area contributed by atoms with Gasteiger partial charge in [-0.3, -0.25) is 5.10 Å². The molecule has 1 aliphatic rings. The Labute approximate surface area is 85.9 Å². The predicted octanol–water partition coefficient (Wildman–Crippen LogP) is 0.598. The Kier molecular flexibility index (Phi) is 2.36. The highest BCUT2D eigenvalue weighted by atomic mass is 32.2. The Morgan fingerprint density at radius 1 is 1.64 bits per heavy atom. The van der Waals surface area contributed by atoms with Crippen LogP contribution in [0.3, 0.4) is 0 Å². The first-order valence-corrected chi connectivity index (χ1v) is 6.59. The molecule has 1 N–H and O–H groups in total. The lowest BCUT2D eigenvalue weighted by molar-refractivity contribution is 0.606. The Morgan fingerprint density at radius 2 is 2.43 bits per heavy atom. The zero-order valence-corrected chi connectivity index (χ0v) is 9.10. The number of nitrogens with zero attached hydrogens (tertiary/aromatic N) is 2. The molecule has 0 bridgehead atoms. The molecule has 0 aromatic carbocycles. The Bertz CT molecular complexity index is 449. The molecule has 0 amide bonds. The molecule has 7 heteroatoms. The number of sulfone groups is 1. The van der Waals surface area contributed by atoms with E-state index in [4.69, 9.17) is 0 Å². The van der Waals surface area contributed by atoms with Crippen LogP contribution in [0.25, 0.3) is 0 Å². The molecule has 1 aliphatic heterocycles. The van der Waals surface area contributed by atoms with E-state index >= 15 is 0 Å². The van der Waals surface area contributed by atoms with Gasteiger partial charge in [-0.25, -0.2) is 13.4 Å². The number of aromatic nitrogens is 3. The highest BCUT2D eigenvalue weighted by Gasteiger charge is 2.28. The number of rotatable bonds is 2. The second kappa shape index (κ2) is 3.39. The summed E-state index contributed by atoms with van der Waals surface area (Å²) in [7, 11) is -2.99. The van der Waals surface area contributed by atoms with Crippen LogP contribution in [0.4, 0.5) is 0 Å². The maximum absolute atomic E-state index is 11.2. The minimum atomic E-state index is -2.99. The topological polar surface area (TPSA) is 75.7 Å². The molecule has 76 valence electrons. The predicted molar refractivity (Wildman–Crippen MR) is 53.6 cm³/mol. The van der Waals surface area contributed by atoms with Gasteiger partial charge in [0.2, 0.25) is 0 Å². The summed E-state index contributed by atoms with van der Waals surface area (Å²) in [6.07, 6.45) is 1.41. The van der Waals surface area contributed by atoms with E-state index in [1.165, 1.54) is 23.5 Å². The standard InChI is InChI=1S/C7H9N3O2S2/c1-5-2-14(11,12)3-6(5)13-7-8-4-9-10-7/h2,4,6H,3H2,1H3,(H,8,9,10). The smallest absolute Gasteiger partial charge is 0.184 e. The van der Waals surface area contributed by atoms with E-state index < -0.39 is 9.84 Å². The van der Waals surface area contributed by atoms with Crippen molar-refractivity contribution in [3.8, 4) is 0 Å². The van der Waals surface area contributed by atoms with Crippen LogP contribution in [0.15, 0.2) is 22.5 Å². The Hall–Kier alpha value is -0.820. The fraction of sp³-hybridized carbons (Fsp3) is 0.429. The van der Waals surface area contributed by atoms with Gasteiger partial charge in [0.15, 0.2) is 15.0 Å². The molecular weight excluding hydrogens is 222 g/mol. The van der Waals surface area contributed by atoms with Gasteiger partial charge in [0.05, 0.1) is 5.75 Å². The second-order valence-corrected chi connectivity index (χ2v) is 6.17. The molecule has 0 fully saturated rings. The van der Waals surface area contributed by atoms with Gasteiger partial charge >= 0.3 is 0 Å². The van der Waals surface area contributed by atoms with Crippen molar-refractivity contribution < 1.29 is 8.42 Å². The summed E-state index contributed by atoms with van der Waals surface area (Å²) in [6.45, 7) is 1.82. The molecule has 0 saturated heterocycles. The van der Waals surface area contributed by atoms with E-state index in [0.717, 1.165) is 5.57 Å². The average molecular weight is 231 g/mol. The third-order valence-corrected chi connectivity index (χ3v) is 4.89. The fourth-order valence-electron chi connectivity index (χ4n) is 1.26. The van der Waals surface area contributed by atoms with Crippen LogP contribution in [0.2, 0.25) is 0 Å². The summed E-state index contributed by atoms with van der Waals surface area (Å²) >= 11 is 1.39. The molecular formula is C7H9N3O2S2. The van der Waals surface area contributed by atoms with E-state index in [-0.39, 0.29) is 11.0 Å². The first-order chi connectivity index (χ1) is 6.57. The number of hydrogen-bond donors (Lipinski definition) is 1. The van der Waals surface area contributed by atoms with E-state index in [0.29, 0.717) is 5.16 Å². The van der Waals surface area contributed by atoms with Crippen molar-refractivity contribution in [2.75, 3.05) is 5.75 Å². The van der Waals surface area contributed by atoms with Crippen LogP contribution >= 0.6 is 11.8 Å². The Balaban J connectivity index is 2.13. The van der Waals surface area contributed by atoms with Gasteiger partial charge in [-0.15, -0.1) is 0 Å². The van der Waals surface area contributed by atoms with Crippen LogP contribution < -0.4 is 0 Å². The van der Waals surface area contributed by atoms with Gasteiger partial charge in [0.1, 0.15) is 6.33 Å². The monoisotopic (exact) mass is 231 g/mol. The van der Waals surface area contributed by atoms with Gasteiger partial charge in [-0.2, -0.15) is 5.10 Å². The van der Waals surface area contributed by atoms with Crippen molar-refractivity contribution in [3.05, 3.63) is 17.3 Å². The first-order valence-electron chi connectivity index (χ1n) is 4.00. The molecule has 2 heterocycles. The summed E-state index contributed by atoms with van der Waals surface area (Å²) in [5, 5.41) is 8.34. The van der Waals surface area contributed by atoms with Crippen LogP contribution in [0.5, 0.6) is 0 Å². The van der Waals surface area contributed by atoms with Crippen LogP contribution in [-0.2, 0) is 9.84 Å². The van der Waals surface area contributed by atoms with E-state index in [2.05, 4.69) is 15.2 Å². The fourth-order valence-corrected chi connectivity index (χ4v) is 4.44. The molecule has 14 heavy (non-hydrogen) atoms. The SMILES string of the molecule is CC1=CS(=O)(=O)CC1Sc1ncn[nH]1. The highest BCUT2D eigenvalue weighted by Crippen LogP contribution is 2.31. The minimum absolute atomic E-state index is 0.0343. The van der Waals surface area contributed by atoms with Crippen LogP contribution in [0.1, 0.15) is 6.92 Å². The maximum Gasteiger partial charge on any atom is 0.184 e. The van der Waals surface area contributed by atoms with Gasteiger partial charge in [-0.1, -0.05) is 11.8 Å². The number of hydrogen-bond acceptors (Lipinski definition) is 5. The molecule has 1 unspecified atom stereocenters. The van der Waals surface area contributed by atoms with Crippen molar-refractivity contribution in [2.45, 2.75) is 17.3 Å². The zero-order valence-electron chi connectivity index (χ0n) is 7.47. The van der Waals surface area contributed by atoms with E-state index in [9.17, 15) is 8.42 Å². The van der Waals surface area contributed by atoms with Crippen molar-refractivity contribution in [1.82, 2.24) is 15.2 Å². The van der Waals surface area contributed by atoms with Crippen molar-refractivity contribution >= 4 is 21.6 Å². The largest absolute Gasteiger partial charge is 0.254 e. The summed E-state index contributed by atoms with van der Waals surface area (Å²) < 4.78 is 22.5. The number of nitrogens with one attached hydrogen (secondary N) is 1. The highest BCUT2D eigenvalue weighted by molar-refractivity contribution is 8.02. The van der Waals surface area contributed by atoms with Gasteiger partial charge < -0.3 is 0 Å². The molecule has 2 rings (SSSR count). The van der Waals surface area contributed by atoms with Crippen molar-refractivity contribution in [1.29, 1.82) is 0 Å². The third-order valence-electron chi connectivity index (χ3n) is 1.90. The van der Waals surface area contributed by atoms with E-state index in [1.807, 2.05) is 6.92 Å². The minimum Gasteiger partial charge on any atom is -0.254 e. The molecule has 0 spiro atoms. The normalized spacial score (nSPS) is 24.9. The average Bonchev–Trinajstić information content (AvgIpc) is 2.61. The summed E-state index contributed by atoms with van der Waals surface area (Å²) in [4.78, 5) is 3.94. The molecule has 0 aliphatic carbocycles. The van der Waals surface area contributed by atoms with E-state index in [1.54, 1.807) is 0 Å². The molecule has 0 saturated carbocycles. The molecule has 1 atom stereocenters. The third kappa shape index (κ3) is 1.98. The lowest BCUT2D eigenvalue weighted by Gasteiger charge is -2.06. The molecule has 1 aromatic rings. The zero-order chi connectivity index (χ0) is 10.2. The lowest BCUT2D eigenvalue weighted by Crippen LogP contribution is -2.09. The van der Waals surface area contributed by atoms with Crippen LogP contribution in [0, 0.1) is 0 Å². The number of H-pyrrole nitrogens is 1. The van der Waals surface area contributed by atoms with Gasteiger partial charge in [0.25, 0.3) is 0 Å². The molecule has 0 radical (unpaired) electrons. The Morgan fingerprint density at radius 3 is 2.93 bits per heavy atom. The molecule has 5 nitrogen and oxygen atoms in total. The quantitative estimate of drug-likeness (QED) is 0.806. The van der Waals surface area contributed by atoms with Crippen molar-refractivity contribution in [3.63, 3.8) is 0 Å². The molecule has 1 aromatic heterocycles. The summed E-state index contributed by atoms with van der Waals surface area (Å²) in [5.74, 6) is 0.157. The maximum atomic E-state index is 11.2. The summed E-state index contributed by atoms with van der Waals surface area (Å²) in [5.41, 5.74) is 0.867. The number of aromatic amines is 1. The van der Waals surface area contributed by atoms with Gasteiger partial charge in [-0.05, 0) is 12.5 Å².